The van der Waals surface area contributed by atoms with E-state index in [0.29, 0.717) is 5.92 Å². The Hall–Kier alpha value is -1.02. The van der Waals surface area contributed by atoms with Gasteiger partial charge < -0.3 is 4.42 Å². The van der Waals surface area contributed by atoms with Crippen LogP contribution in [0, 0.1) is 13.8 Å². The molecule has 0 bridgehead atoms. The van der Waals surface area contributed by atoms with Crippen LogP contribution in [-0.4, -0.2) is 4.98 Å². The summed E-state index contributed by atoms with van der Waals surface area (Å²) in [5.41, 5.74) is 3.91. The Balaban J connectivity index is 2.15. The highest BCUT2D eigenvalue weighted by atomic mass is 35.5. The predicted molar refractivity (Wildman–Crippen MR) is 69.7 cm³/mol. The van der Waals surface area contributed by atoms with Gasteiger partial charge in [-0.3, -0.25) is 0 Å². The molecule has 0 aliphatic heterocycles. The first-order valence-electron chi connectivity index (χ1n) is 6.23. The molecule has 1 aliphatic carbocycles. The fourth-order valence-electron chi connectivity index (χ4n) is 2.72. The normalized spacial score (nSPS) is 17.1. The minimum atomic E-state index is 0.515. The molecule has 3 heteroatoms. The molecule has 0 N–H and O–H groups in total. The van der Waals surface area contributed by atoms with Gasteiger partial charge in [-0.1, -0.05) is 24.4 Å². The third kappa shape index (κ3) is 1.75. The van der Waals surface area contributed by atoms with E-state index in [9.17, 15) is 0 Å². The van der Waals surface area contributed by atoms with Crippen molar-refractivity contribution in [2.75, 3.05) is 0 Å². The van der Waals surface area contributed by atoms with E-state index in [-0.39, 0.29) is 0 Å². The van der Waals surface area contributed by atoms with Crippen LogP contribution in [0.1, 0.15) is 48.6 Å². The molecule has 1 saturated carbocycles. The van der Waals surface area contributed by atoms with E-state index in [0.717, 1.165) is 33.1 Å². The van der Waals surface area contributed by atoms with E-state index >= 15 is 0 Å². The van der Waals surface area contributed by atoms with Crippen LogP contribution in [-0.2, 0) is 0 Å². The smallest absolute Gasteiger partial charge is 0.198 e. The molecule has 0 amide bonds. The predicted octanol–water partition coefficient (Wildman–Crippen LogP) is 4.76. The second-order valence-corrected chi connectivity index (χ2v) is 5.39. The molecule has 3 rings (SSSR count). The molecule has 1 fully saturated rings. The Morgan fingerprint density at radius 2 is 2.00 bits per heavy atom. The summed E-state index contributed by atoms with van der Waals surface area (Å²) in [5, 5.41) is 0.809. The third-order valence-corrected chi connectivity index (χ3v) is 4.33. The lowest BCUT2D eigenvalue weighted by molar-refractivity contribution is 0.474. The van der Waals surface area contributed by atoms with E-state index in [1.54, 1.807) is 0 Å². The number of aromatic nitrogens is 1. The van der Waals surface area contributed by atoms with E-state index in [4.69, 9.17) is 16.0 Å². The maximum Gasteiger partial charge on any atom is 0.198 e. The van der Waals surface area contributed by atoms with Gasteiger partial charge in [-0.05, 0) is 43.9 Å². The molecule has 1 heterocycles. The zero-order valence-corrected chi connectivity index (χ0v) is 11.0. The molecule has 2 aromatic rings. The molecule has 0 atom stereocenters. The molecular formula is C14H16ClNO. The summed E-state index contributed by atoms with van der Waals surface area (Å²) in [6.45, 7) is 4.02. The quantitative estimate of drug-likeness (QED) is 0.729. The standard InChI is InChI=1S/C14H16ClNO/c1-8-7-11-13(9(2)12(8)15)16-14(17-11)10-5-3-4-6-10/h7,10H,3-6H2,1-2H3. The molecule has 1 aromatic heterocycles. The van der Waals surface area contributed by atoms with Crippen LogP contribution in [0.5, 0.6) is 0 Å². The Bertz CT molecular complexity index is 567. The molecular weight excluding hydrogens is 234 g/mol. The lowest BCUT2D eigenvalue weighted by atomic mass is 10.1. The molecule has 0 saturated heterocycles. The molecule has 0 unspecified atom stereocenters. The Morgan fingerprint density at radius 3 is 2.71 bits per heavy atom. The highest BCUT2D eigenvalue weighted by Crippen LogP contribution is 2.37. The summed E-state index contributed by atoms with van der Waals surface area (Å²) < 4.78 is 5.90. The third-order valence-electron chi connectivity index (χ3n) is 3.75. The lowest BCUT2D eigenvalue weighted by Gasteiger charge is -2.00. The summed E-state index contributed by atoms with van der Waals surface area (Å²) in [5.74, 6) is 1.42. The lowest BCUT2D eigenvalue weighted by Crippen LogP contribution is -1.91. The van der Waals surface area contributed by atoms with Gasteiger partial charge in [0.05, 0.1) is 0 Å². The van der Waals surface area contributed by atoms with Gasteiger partial charge in [0.2, 0.25) is 0 Å². The van der Waals surface area contributed by atoms with Crippen molar-refractivity contribution in [2.45, 2.75) is 45.4 Å². The van der Waals surface area contributed by atoms with Gasteiger partial charge in [0, 0.05) is 10.9 Å². The number of benzene rings is 1. The first-order valence-corrected chi connectivity index (χ1v) is 6.60. The van der Waals surface area contributed by atoms with Gasteiger partial charge in [0.15, 0.2) is 11.5 Å². The minimum Gasteiger partial charge on any atom is -0.440 e. The van der Waals surface area contributed by atoms with Gasteiger partial charge in [-0.15, -0.1) is 0 Å². The summed E-state index contributed by atoms with van der Waals surface area (Å²) in [7, 11) is 0. The highest BCUT2D eigenvalue weighted by molar-refractivity contribution is 6.33. The van der Waals surface area contributed by atoms with Crippen molar-refractivity contribution >= 4 is 22.7 Å². The van der Waals surface area contributed by atoms with Crippen LogP contribution >= 0.6 is 11.6 Å². The van der Waals surface area contributed by atoms with E-state index in [1.807, 2.05) is 19.9 Å². The highest BCUT2D eigenvalue weighted by Gasteiger charge is 2.23. The minimum absolute atomic E-state index is 0.515. The van der Waals surface area contributed by atoms with E-state index in [1.165, 1.54) is 25.7 Å². The molecule has 0 spiro atoms. The topological polar surface area (TPSA) is 26.0 Å². The maximum atomic E-state index is 6.24. The van der Waals surface area contributed by atoms with Crippen LogP contribution in [0.3, 0.4) is 0 Å². The molecule has 90 valence electrons. The summed E-state index contributed by atoms with van der Waals surface area (Å²) in [6, 6.07) is 2.00. The van der Waals surface area contributed by atoms with Crippen molar-refractivity contribution in [1.82, 2.24) is 4.98 Å². The fourth-order valence-corrected chi connectivity index (χ4v) is 2.87. The van der Waals surface area contributed by atoms with Crippen molar-refractivity contribution in [3.05, 3.63) is 28.1 Å². The summed E-state index contributed by atoms with van der Waals surface area (Å²) in [4.78, 5) is 4.65. The molecule has 17 heavy (non-hydrogen) atoms. The van der Waals surface area contributed by atoms with Gasteiger partial charge in [-0.2, -0.15) is 0 Å². The average Bonchev–Trinajstić information content (AvgIpc) is 2.93. The second-order valence-electron chi connectivity index (χ2n) is 5.01. The van der Waals surface area contributed by atoms with Gasteiger partial charge >= 0.3 is 0 Å². The number of rotatable bonds is 1. The van der Waals surface area contributed by atoms with Crippen LogP contribution in [0.2, 0.25) is 5.02 Å². The van der Waals surface area contributed by atoms with Gasteiger partial charge in [0.25, 0.3) is 0 Å². The zero-order valence-electron chi connectivity index (χ0n) is 10.2. The van der Waals surface area contributed by atoms with Crippen LogP contribution in [0.15, 0.2) is 10.5 Å². The first-order chi connectivity index (χ1) is 8.16. The SMILES string of the molecule is Cc1cc2oc(C3CCCC3)nc2c(C)c1Cl. The second kappa shape index (κ2) is 4.02. The van der Waals surface area contributed by atoms with Crippen LogP contribution in [0.4, 0.5) is 0 Å². The van der Waals surface area contributed by atoms with Gasteiger partial charge in [0.1, 0.15) is 5.52 Å². The van der Waals surface area contributed by atoms with Crippen LogP contribution in [0.25, 0.3) is 11.1 Å². The number of fused-ring (bicyclic) bond motifs is 1. The zero-order chi connectivity index (χ0) is 12.0. The number of hydrogen-bond acceptors (Lipinski definition) is 2. The van der Waals surface area contributed by atoms with Crippen LogP contribution < -0.4 is 0 Å². The van der Waals surface area contributed by atoms with Crippen molar-refractivity contribution in [2.24, 2.45) is 0 Å². The molecule has 1 aliphatic rings. The number of hydrogen-bond donors (Lipinski definition) is 0. The number of oxazole rings is 1. The monoisotopic (exact) mass is 249 g/mol. The van der Waals surface area contributed by atoms with Crippen molar-refractivity contribution in [3.63, 3.8) is 0 Å². The molecule has 1 aromatic carbocycles. The van der Waals surface area contributed by atoms with Crippen molar-refractivity contribution in [1.29, 1.82) is 0 Å². The number of nitrogens with zero attached hydrogens (tertiary/aromatic N) is 1. The van der Waals surface area contributed by atoms with Crippen molar-refractivity contribution in [3.8, 4) is 0 Å². The number of halogens is 1. The summed E-state index contributed by atoms with van der Waals surface area (Å²) >= 11 is 6.24. The molecule has 0 radical (unpaired) electrons. The van der Waals surface area contributed by atoms with E-state index in [2.05, 4.69) is 4.98 Å². The largest absolute Gasteiger partial charge is 0.440 e. The maximum absolute atomic E-state index is 6.24. The van der Waals surface area contributed by atoms with Crippen molar-refractivity contribution < 1.29 is 4.42 Å². The average molecular weight is 250 g/mol. The summed E-state index contributed by atoms with van der Waals surface area (Å²) in [6.07, 6.45) is 5.00. The fraction of sp³-hybridized carbons (Fsp3) is 0.500. The Labute approximate surface area is 106 Å². The van der Waals surface area contributed by atoms with E-state index < -0.39 is 0 Å². The first kappa shape index (κ1) is 11.1. The Kier molecular flexibility index (Phi) is 2.62. The molecule has 2 nitrogen and oxygen atoms in total. The Morgan fingerprint density at radius 1 is 1.29 bits per heavy atom. The number of aryl methyl sites for hydroxylation is 2. The van der Waals surface area contributed by atoms with Gasteiger partial charge in [-0.25, -0.2) is 4.98 Å².